The maximum absolute atomic E-state index is 12.5. The third-order valence-corrected chi connectivity index (χ3v) is 5.56. The summed E-state index contributed by atoms with van der Waals surface area (Å²) in [5, 5.41) is 4.04. The van der Waals surface area contributed by atoms with Crippen molar-refractivity contribution < 1.29 is 9.53 Å². The quantitative estimate of drug-likeness (QED) is 0.490. The number of rotatable bonds is 6. The molecule has 0 aliphatic carbocycles. The number of aryl methyl sites for hydroxylation is 1. The van der Waals surface area contributed by atoms with Gasteiger partial charge in [0.1, 0.15) is 5.69 Å². The SMILES string of the molecule is CCOCCn1c(=NC(=O)c2ccnn2C)sc2cc(SC)ccc21. The lowest BCUT2D eigenvalue weighted by Crippen LogP contribution is -2.20. The molecule has 0 saturated carbocycles. The number of thioether (sulfide) groups is 1. The molecule has 0 bridgehead atoms. The molecule has 0 aliphatic heterocycles. The fourth-order valence-corrected chi connectivity index (χ4v) is 4.12. The molecule has 0 aliphatic rings. The van der Waals surface area contributed by atoms with Crippen LogP contribution in [0.3, 0.4) is 0 Å². The van der Waals surface area contributed by atoms with Crippen LogP contribution < -0.4 is 4.80 Å². The van der Waals surface area contributed by atoms with E-state index in [0.29, 0.717) is 30.3 Å². The lowest BCUT2D eigenvalue weighted by atomic mass is 10.3. The van der Waals surface area contributed by atoms with E-state index in [2.05, 4.69) is 34.5 Å². The molecule has 3 aromatic rings. The van der Waals surface area contributed by atoms with E-state index in [1.807, 2.05) is 11.5 Å². The molecule has 0 radical (unpaired) electrons. The molecule has 0 unspecified atom stereocenters. The lowest BCUT2D eigenvalue weighted by molar-refractivity contribution is 0.0987. The van der Waals surface area contributed by atoms with Gasteiger partial charge in [0.2, 0.25) is 0 Å². The second-order valence-corrected chi connectivity index (χ2v) is 7.21. The van der Waals surface area contributed by atoms with Crippen LogP contribution in [0.2, 0.25) is 0 Å². The Bertz CT molecular complexity index is 955. The normalized spacial score (nSPS) is 12.2. The van der Waals surface area contributed by atoms with Gasteiger partial charge in [0.25, 0.3) is 5.91 Å². The van der Waals surface area contributed by atoms with Gasteiger partial charge in [0.15, 0.2) is 4.80 Å². The van der Waals surface area contributed by atoms with Crippen molar-refractivity contribution in [3.63, 3.8) is 0 Å². The second-order valence-electron chi connectivity index (χ2n) is 5.32. The Morgan fingerprint density at radius 2 is 2.24 bits per heavy atom. The average Bonchev–Trinajstić information content (AvgIpc) is 3.18. The van der Waals surface area contributed by atoms with Gasteiger partial charge < -0.3 is 9.30 Å². The molecule has 0 saturated heterocycles. The van der Waals surface area contributed by atoms with Crippen LogP contribution in [0.15, 0.2) is 40.4 Å². The van der Waals surface area contributed by atoms with E-state index in [0.717, 1.165) is 10.2 Å². The molecule has 2 heterocycles. The van der Waals surface area contributed by atoms with Crippen LogP contribution in [0, 0.1) is 0 Å². The Morgan fingerprint density at radius 3 is 2.92 bits per heavy atom. The zero-order valence-corrected chi connectivity index (χ0v) is 16.1. The number of benzene rings is 1. The Morgan fingerprint density at radius 1 is 1.40 bits per heavy atom. The van der Waals surface area contributed by atoms with Crippen LogP contribution >= 0.6 is 23.1 Å². The first-order chi connectivity index (χ1) is 12.1. The van der Waals surface area contributed by atoms with Crippen LogP contribution in [0.1, 0.15) is 17.4 Å². The monoisotopic (exact) mass is 376 g/mol. The number of hydrogen-bond acceptors (Lipinski definition) is 5. The molecular weight excluding hydrogens is 356 g/mol. The number of ether oxygens (including phenoxy) is 1. The fourth-order valence-electron chi connectivity index (χ4n) is 2.51. The van der Waals surface area contributed by atoms with Gasteiger partial charge in [-0.1, -0.05) is 11.3 Å². The molecule has 3 rings (SSSR count). The molecule has 1 aromatic carbocycles. The molecule has 0 fully saturated rings. The van der Waals surface area contributed by atoms with Crippen LogP contribution in [-0.4, -0.2) is 39.7 Å². The molecule has 8 heteroatoms. The molecule has 25 heavy (non-hydrogen) atoms. The minimum absolute atomic E-state index is 0.290. The first-order valence-electron chi connectivity index (χ1n) is 7.96. The summed E-state index contributed by atoms with van der Waals surface area (Å²) in [6, 6.07) is 7.98. The molecular formula is C17H20N4O2S2. The highest BCUT2D eigenvalue weighted by Crippen LogP contribution is 2.24. The van der Waals surface area contributed by atoms with Gasteiger partial charge in [-0.3, -0.25) is 9.48 Å². The van der Waals surface area contributed by atoms with Gasteiger partial charge in [-0.15, -0.1) is 11.8 Å². The molecule has 1 amide bonds. The maximum Gasteiger partial charge on any atom is 0.297 e. The number of fused-ring (bicyclic) bond motifs is 1. The van der Waals surface area contributed by atoms with Gasteiger partial charge >= 0.3 is 0 Å². The van der Waals surface area contributed by atoms with Crippen molar-refractivity contribution in [3.05, 3.63) is 41.0 Å². The van der Waals surface area contributed by atoms with E-state index in [4.69, 9.17) is 4.74 Å². The zero-order valence-electron chi connectivity index (χ0n) is 14.4. The summed E-state index contributed by atoms with van der Waals surface area (Å²) in [5.74, 6) is -0.290. The van der Waals surface area contributed by atoms with E-state index < -0.39 is 0 Å². The summed E-state index contributed by atoms with van der Waals surface area (Å²) in [5.41, 5.74) is 1.54. The number of thiazole rings is 1. The predicted molar refractivity (Wildman–Crippen MR) is 101 cm³/mol. The second kappa shape index (κ2) is 7.99. The van der Waals surface area contributed by atoms with Crippen molar-refractivity contribution in [1.82, 2.24) is 14.3 Å². The smallest absolute Gasteiger partial charge is 0.297 e. The van der Waals surface area contributed by atoms with Crippen LogP contribution in [0.25, 0.3) is 10.2 Å². The number of carbonyl (C=O) groups excluding carboxylic acids is 1. The van der Waals surface area contributed by atoms with Gasteiger partial charge in [-0.2, -0.15) is 10.1 Å². The van der Waals surface area contributed by atoms with Crippen LogP contribution in [0.5, 0.6) is 0 Å². The predicted octanol–water partition coefficient (Wildman–Crippen LogP) is 2.94. The summed E-state index contributed by atoms with van der Waals surface area (Å²) in [6.45, 7) is 3.88. The van der Waals surface area contributed by atoms with E-state index >= 15 is 0 Å². The van der Waals surface area contributed by atoms with Crippen molar-refractivity contribution in [1.29, 1.82) is 0 Å². The minimum atomic E-state index is -0.290. The number of carbonyl (C=O) groups is 1. The number of amides is 1. The van der Waals surface area contributed by atoms with Crippen molar-refractivity contribution in [2.45, 2.75) is 18.4 Å². The molecule has 0 spiro atoms. The molecule has 6 nitrogen and oxygen atoms in total. The van der Waals surface area contributed by atoms with Crippen molar-refractivity contribution >= 4 is 39.2 Å². The van der Waals surface area contributed by atoms with E-state index in [1.165, 1.54) is 20.9 Å². The molecule has 132 valence electrons. The van der Waals surface area contributed by atoms with Crippen molar-refractivity contribution in [2.75, 3.05) is 19.5 Å². The standard InChI is InChI=1S/C17H20N4O2S2/c1-4-23-10-9-21-13-6-5-12(24-3)11-15(13)25-17(21)19-16(22)14-7-8-18-20(14)2/h5-8,11H,4,9-10H2,1-3H3. The Kier molecular flexibility index (Phi) is 5.72. The van der Waals surface area contributed by atoms with Crippen molar-refractivity contribution in [3.8, 4) is 0 Å². The third kappa shape index (κ3) is 3.86. The largest absolute Gasteiger partial charge is 0.380 e. The third-order valence-electron chi connectivity index (χ3n) is 3.79. The molecule has 0 atom stereocenters. The number of hydrogen-bond donors (Lipinski definition) is 0. The highest BCUT2D eigenvalue weighted by molar-refractivity contribution is 7.98. The van der Waals surface area contributed by atoms with E-state index in [9.17, 15) is 4.79 Å². The zero-order chi connectivity index (χ0) is 17.8. The first-order valence-corrected chi connectivity index (χ1v) is 10.0. The lowest BCUT2D eigenvalue weighted by Gasteiger charge is -2.06. The maximum atomic E-state index is 12.5. The number of aromatic nitrogens is 3. The highest BCUT2D eigenvalue weighted by atomic mass is 32.2. The molecule has 0 N–H and O–H groups in total. The summed E-state index contributed by atoms with van der Waals surface area (Å²) in [6.07, 6.45) is 3.65. The summed E-state index contributed by atoms with van der Waals surface area (Å²) in [4.78, 5) is 18.7. The minimum Gasteiger partial charge on any atom is -0.380 e. The molecule has 2 aromatic heterocycles. The van der Waals surface area contributed by atoms with E-state index in [-0.39, 0.29) is 5.91 Å². The van der Waals surface area contributed by atoms with Gasteiger partial charge in [-0.25, -0.2) is 0 Å². The topological polar surface area (TPSA) is 61.4 Å². The van der Waals surface area contributed by atoms with Gasteiger partial charge in [-0.05, 0) is 37.4 Å². The highest BCUT2D eigenvalue weighted by Gasteiger charge is 2.12. The average molecular weight is 377 g/mol. The Labute approximate surface area is 154 Å². The van der Waals surface area contributed by atoms with Crippen molar-refractivity contribution in [2.24, 2.45) is 12.0 Å². The Hall–Kier alpha value is -1.90. The Balaban J connectivity index is 2.08. The summed E-state index contributed by atoms with van der Waals surface area (Å²) >= 11 is 3.22. The van der Waals surface area contributed by atoms with Gasteiger partial charge in [0.05, 0.1) is 16.8 Å². The van der Waals surface area contributed by atoms with Gasteiger partial charge in [0, 0.05) is 31.3 Å². The summed E-state index contributed by atoms with van der Waals surface area (Å²) < 4.78 is 10.2. The fraction of sp³-hybridized carbons (Fsp3) is 0.353. The van der Waals surface area contributed by atoms with Crippen LogP contribution in [0.4, 0.5) is 0 Å². The summed E-state index contributed by atoms with van der Waals surface area (Å²) in [7, 11) is 1.74. The van der Waals surface area contributed by atoms with Crippen LogP contribution in [-0.2, 0) is 18.3 Å². The first kappa shape index (κ1) is 17.9. The van der Waals surface area contributed by atoms with E-state index in [1.54, 1.807) is 31.1 Å². The number of nitrogens with zero attached hydrogens (tertiary/aromatic N) is 4.